The summed E-state index contributed by atoms with van der Waals surface area (Å²) in [5, 5.41) is 14.5. The average Bonchev–Trinajstić information content (AvgIpc) is 2.91. The van der Waals surface area contributed by atoms with E-state index in [2.05, 4.69) is 5.32 Å². The second-order valence-electron chi connectivity index (χ2n) is 5.23. The van der Waals surface area contributed by atoms with E-state index in [1.807, 2.05) is 0 Å². The zero-order valence-electron chi connectivity index (χ0n) is 12.7. The molecule has 0 aliphatic carbocycles. The molecule has 1 amide bonds. The van der Waals surface area contributed by atoms with Crippen LogP contribution in [0, 0.1) is 0 Å². The van der Waals surface area contributed by atoms with Gasteiger partial charge in [-0.25, -0.2) is 0 Å². The van der Waals surface area contributed by atoms with E-state index in [1.165, 1.54) is 16.0 Å². The largest absolute Gasteiger partial charge is 0.494 e. The van der Waals surface area contributed by atoms with E-state index in [4.69, 9.17) is 23.2 Å². The van der Waals surface area contributed by atoms with Crippen molar-refractivity contribution >= 4 is 46.1 Å². The molecule has 0 aliphatic heterocycles. The van der Waals surface area contributed by atoms with Crippen molar-refractivity contribution in [3.63, 3.8) is 0 Å². The lowest BCUT2D eigenvalue weighted by atomic mass is 10.2. The molecule has 5 nitrogen and oxygen atoms in total. The van der Waals surface area contributed by atoms with Crippen molar-refractivity contribution < 1.29 is 9.90 Å². The number of halogens is 2. The molecular weight excluding hydrogens is 383 g/mol. The normalized spacial score (nSPS) is 10.6. The number of aromatic nitrogens is 1. The second-order valence-corrected chi connectivity index (χ2v) is 6.86. The van der Waals surface area contributed by atoms with Crippen LogP contribution in [0.1, 0.15) is 15.9 Å². The molecule has 2 N–H and O–H groups in total. The highest BCUT2D eigenvalue weighted by molar-refractivity contribution is 7.07. The first kappa shape index (κ1) is 17.5. The molecule has 3 rings (SSSR count). The molecule has 0 aliphatic rings. The number of nitrogens with one attached hydrogen (secondary N) is 1. The molecule has 0 radical (unpaired) electrons. The van der Waals surface area contributed by atoms with E-state index in [9.17, 15) is 14.7 Å². The molecule has 0 fully saturated rings. The first-order valence-corrected chi connectivity index (χ1v) is 8.80. The van der Waals surface area contributed by atoms with Crippen LogP contribution in [0.15, 0.2) is 52.6 Å². The summed E-state index contributed by atoms with van der Waals surface area (Å²) in [4.78, 5) is 23.6. The number of amides is 1. The van der Waals surface area contributed by atoms with Crippen molar-refractivity contribution in [2.45, 2.75) is 6.54 Å². The van der Waals surface area contributed by atoms with Gasteiger partial charge in [-0.15, -0.1) is 0 Å². The van der Waals surface area contributed by atoms with Crippen molar-refractivity contribution in [2.75, 3.05) is 5.32 Å². The maximum absolute atomic E-state index is 12.2. The molecule has 128 valence electrons. The van der Waals surface area contributed by atoms with Gasteiger partial charge in [-0.2, -0.15) is 0 Å². The van der Waals surface area contributed by atoms with Gasteiger partial charge < -0.3 is 10.4 Å². The van der Waals surface area contributed by atoms with Crippen molar-refractivity contribution in [1.29, 1.82) is 0 Å². The van der Waals surface area contributed by atoms with Crippen LogP contribution in [0.4, 0.5) is 5.69 Å². The number of hydrogen-bond acceptors (Lipinski definition) is 4. The summed E-state index contributed by atoms with van der Waals surface area (Å²) < 4.78 is 1.27. The third kappa shape index (κ3) is 4.04. The molecule has 1 heterocycles. The highest BCUT2D eigenvalue weighted by atomic mass is 35.5. The molecule has 8 heteroatoms. The van der Waals surface area contributed by atoms with Gasteiger partial charge in [0.15, 0.2) is 0 Å². The Balaban J connectivity index is 1.71. The Hall–Kier alpha value is -2.28. The molecule has 0 spiro atoms. The standard InChI is InChI=1S/C17H12Cl2N2O3S/c18-13-6-3-11(7-14(13)19)16(23)20-12-4-1-10(2-5-12)8-21-15(22)9-25-17(21)24/h1-7,9,22H,8H2,(H,20,23). The average molecular weight is 395 g/mol. The molecule has 3 aromatic rings. The number of carbonyl (C=O) groups excluding carboxylic acids is 1. The number of aromatic hydroxyl groups is 1. The fourth-order valence-electron chi connectivity index (χ4n) is 2.19. The first-order chi connectivity index (χ1) is 11.9. The Labute approximate surface area is 157 Å². The van der Waals surface area contributed by atoms with Crippen LogP contribution in [0.2, 0.25) is 10.0 Å². The molecular formula is C17H12Cl2N2O3S. The van der Waals surface area contributed by atoms with E-state index in [0.29, 0.717) is 21.3 Å². The summed E-state index contributed by atoms with van der Waals surface area (Å²) in [5.41, 5.74) is 1.82. The third-order valence-corrected chi connectivity index (χ3v) is 4.99. The second kappa shape index (κ2) is 7.31. The fraction of sp³-hybridized carbons (Fsp3) is 0.0588. The molecule has 0 unspecified atom stereocenters. The van der Waals surface area contributed by atoms with Gasteiger partial charge in [0.25, 0.3) is 5.91 Å². The molecule has 0 atom stereocenters. The van der Waals surface area contributed by atoms with Crippen LogP contribution in [0.5, 0.6) is 5.88 Å². The monoisotopic (exact) mass is 394 g/mol. The van der Waals surface area contributed by atoms with Gasteiger partial charge in [0.1, 0.15) is 0 Å². The third-order valence-electron chi connectivity index (χ3n) is 3.50. The first-order valence-electron chi connectivity index (χ1n) is 7.16. The lowest BCUT2D eigenvalue weighted by Crippen LogP contribution is -2.14. The van der Waals surface area contributed by atoms with Gasteiger partial charge in [0, 0.05) is 11.3 Å². The van der Waals surface area contributed by atoms with Gasteiger partial charge in [0.05, 0.1) is 22.0 Å². The van der Waals surface area contributed by atoms with Gasteiger partial charge in [0.2, 0.25) is 5.88 Å². The smallest absolute Gasteiger partial charge is 0.310 e. The molecule has 25 heavy (non-hydrogen) atoms. The van der Waals surface area contributed by atoms with Crippen molar-refractivity contribution in [1.82, 2.24) is 4.57 Å². The molecule has 0 saturated heterocycles. The maximum Gasteiger partial charge on any atom is 0.310 e. The Morgan fingerprint density at radius 3 is 2.44 bits per heavy atom. The van der Waals surface area contributed by atoms with Gasteiger partial charge in [-0.3, -0.25) is 14.2 Å². The van der Waals surface area contributed by atoms with Crippen LogP contribution in [0.3, 0.4) is 0 Å². The van der Waals surface area contributed by atoms with Crippen LogP contribution in [-0.2, 0) is 6.54 Å². The van der Waals surface area contributed by atoms with Crippen molar-refractivity contribution in [3.05, 3.63) is 78.7 Å². The number of nitrogens with zero attached hydrogens (tertiary/aromatic N) is 1. The van der Waals surface area contributed by atoms with Gasteiger partial charge in [-0.1, -0.05) is 46.7 Å². The number of carbonyl (C=O) groups is 1. The summed E-state index contributed by atoms with van der Waals surface area (Å²) in [6.45, 7) is 0.259. The van der Waals surface area contributed by atoms with E-state index >= 15 is 0 Å². The summed E-state index contributed by atoms with van der Waals surface area (Å²) in [5.74, 6) is -0.370. The summed E-state index contributed by atoms with van der Waals surface area (Å²) in [7, 11) is 0. The fourth-order valence-corrected chi connectivity index (χ4v) is 3.10. The van der Waals surface area contributed by atoms with Crippen molar-refractivity contribution in [3.8, 4) is 5.88 Å². The Kier molecular flexibility index (Phi) is 5.13. The summed E-state index contributed by atoms with van der Waals surface area (Å²) in [6, 6.07) is 11.6. The Morgan fingerprint density at radius 1 is 1.12 bits per heavy atom. The Morgan fingerprint density at radius 2 is 1.84 bits per heavy atom. The van der Waals surface area contributed by atoms with Crippen LogP contribution >= 0.6 is 34.5 Å². The summed E-state index contributed by atoms with van der Waals surface area (Å²) >= 11 is 12.7. The van der Waals surface area contributed by atoms with Gasteiger partial charge >= 0.3 is 4.87 Å². The molecule has 1 aromatic heterocycles. The Bertz CT molecular complexity index is 980. The maximum atomic E-state index is 12.2. The quantitative estimate of drug-likeness (QED) is 0.695. The minimum Gasteiger partial charge on any atom is -0.494 e. The SMILES string of the molecule is O=C(Nc1ccc(Cn2c(O)csc2=O)cc1)c1ccc(Cl)c(Cl)c1. The predicted octanol–water partition coefficient (Wildman–Crippen LogP) is 4.22. The predicted molar refractivity (Wildman–Crippen MR) is 100 cm³/mol. The van der Waals surface area contributed by atoms with E-state index in [-0.39, 0.29) is 23.2 Å². The zero-order chi connectivity index (χ0) is 18.0. The number of rotatable bonds is 4. The number of benzene rings is 2. The lowest BCUT2D eigenvalue weighted by molar-refractivity contribution is 0.102. The highest BCUT2D eigenvalue weighted by Gasteiger charge is 2.09. The minimum atomic E-state index is -0.307. The minimum absolute atomic E-state index is 0.0630. The zero-order valence-corrected chi connectivity index (χ0v) is 15.0. The molecule has 0 bridgehead atoms. The van der Waals surface area contributed by atoms with Crippen molar-refractivity contribution in [2.24, 2.45) is 0 Å². The molecule has 0 saturated carbocycles. The topological polar surface area (TPSA) is 71.3 Å². The highest BCUT2D eigenvalue weighted by Crippen LogP contribution is 2.23. The van der Waals surface area contributed by atoms with E-state index in [1.54, 1.807) is 36.4 Å². The van der Waals surface area contributed by atoms with E-state index in [0.717, 1.165) is 16.9 Å². The van der Waals surface area contributed by atoms with Crippen LogP contribution < -0.4 is 10.2 Å². The summed E-state index contributed by atoms with van der Waals surface area (Å²) in [6.07, 6.45) is 0. The number of thiazole rings is 1. The van der Waals surface area contributed by atoms with E-state index < -0.39 is 0 Å². The van der Waals surface area contributed by atoms with Gasteiger partial charge in [-0.05, 0) is 35.9 Å². The lowest BCUT2D eigenvalue weighted by Gasteiger charge is -2.08. The molecule has 2 aromatic carbocycles. The van der Waals surface area contributed by atoms with Crippen LogP contribution in [0.25, 0.3) is 0 Å². The number of hydrogen-bond donors (Lipinski definition) is 2. The van der Waals surface area contributed by atoms with Crippen LogP contribution in [-0.4, -0.2) is 15.6 Å². The number of anilines is 1.